The smallest absolute Gasteiger partial charge is 0.309 e. The first-order chi connectivity index (χ1) is 7.93. The number of carboxylic acid groups (broad SMARTS) is 1. The first kappa shape index (κ1) is 14.4. The lowest BCUT2D eigenvalue weighted by Gasteiger charge is -2.31. The van der Waals surface area contributed by atoms with Gasteiger partial charge in [0.05, 0.1) is 12.0 Å². The van der Waals surface area contributed by atoms with Gasteiger partial charge in [-0.1, -0.05) is 26.7 Å². The Morgan fingerprint density at radius 2 is 1.94 bits per heavy atom. The van der Waals surface area contributed by atoms with Gasteiger partial charge in [-0.25, -0.2) is 0 Å². The van der Waals surface area contributed by atoms with Crippen molar-refractivity contribution in [1.29, 1.82) is 0 Å². The molecule has 0 radical (unpaired) electrons. The zero-order valence-electron chi connectivity index (χ0n) is 10.5. The third-order valence-electron chi connectivity index (χ3n) is 4.18. The third kappa shape index (κ3) is 2.78. The fraction of sp³-hybridized carbons (Fsp3) is 0.917. The first-order valence-corrected chi connectivity index (χ1v) is 6.36. The van der Waals surface area contributed by atoms with Crippen LogP contribution in [-0.4, -0.2) is 34.4 Å². The van der Waals surface area contributed by atoms with Gasteiger partial charge in [0.2, 0.25) is 0 Å². The van der Waals surface area contributed by atoms with Gasteiger partial charge >= 0.3 is 5.97 Å². The van der Waals surface area contributed by atoms with Crippen LogP contribution in [0.1, 0.15) is 33.1 Å². The lowest BCUT2D eigenvalue weighted by molar-refractivity contribution is -0.145. The highest BCUT2D eigenvalue weighted by Crippen LogP contribution is 2.35. The number of rotatable bonds is 5. The van der Waals surface area contributed by atoms with Crippen molar-refractivity contribution >= 4 is 5.97 Å². The largest absolute Gasteiger partial charge is 0.481 e. The number of aliphatic carboxylic acids is 1. The molecule has 1 aliphatic rings. The maximum Gasteiger partial charge on any atom is 0.309 e. The zero-order chi connectivity index (χ0) is 13.2. The summed E-state index contributed by atoms with van der Waals surface area (Å²) in [5, 5.41) is 19.1. The number of carboxylic acids is 1. The summed E-state index contributed by atoms with van der Waals surface area (Å²) < 4.78 is 0. The molecule has 1 fully saturated rings. The van der Waals surface area contributed by atoms with Gasteiger partial charge < -0.3 is 21.7 Å². The van der Waals surface area contributed by atoms with E-state index in [0.717, 1.165) is 12.8 Å². The van der Waals surface area contributed by atoms with E-state index in [-0.39, 0.29) is 23.9 Å². The second-order valence-electron chi connectivity index (χ2n) is 5.07. The van der Waals surface area contributed by atoms with Crippen molar-refractivity contribution in [1.82, 2.24) is 0 Å². The normalized spacial score (nSPS) is 35.2. The van der Waals surface area contributed by atoms with E-state index in [1.165, 1.54) is 0 Å². The monoisotopic (exact) mass is 244 g/mol. The van der Waals surface area contributed by atoms with Gasteiger partial charge in [0.1, 0.15) is 0 Å². The second-order valence-corrected chi connectivity index (χ2v) is 5.07. The first-order valence-electron chi connectivity index (χ1n) is 6.36. The Kier molecular flexibility index (Phi) is 4.91. The molecular formula is C12H24N2O3. The summed E-state index contributed by atoms with van der Waals surface area (Å²) in [6, 6.07) is -0.541. The van der Waals surface area contributed by atoms with Crippen LogP contribution in [0.25, 0.3) is 0 Å². The number of nitrogens with two attached hydrogens (primary N) is 2. The molecule has 0 saturated heterocycles. The Morgan fingerprint density at radius 1 is 1.41 bits per heavy atom. The summed E-state index contributed by atoms with van der Waals surface area (Å²) in [6.45, 7) is 4.10. The fourth-order valence-corrected chi connectivity index (χ4v) is 3.02. The third-order valence-corrected chi connectivity index (χ3v) is 4.18. The molecule has 1 aliphatic carbocycles. The number of aliphatic hydroxyl groups is 1. The summed E-state index contributed by atoms with van der Waals surface area (Å²) >= 11 is 0. The lowest BCUT2D eigenvalue weighted by Crippen LogP contribution is -2.48. The molecule has 0 heterocycles. The minimum absolute atomic E-state index is 0.223. The van der Waals surface area contributed by atoms with E-state index in [9.17, 15) is 9.90 Å². The van der Waals surface area contributed by atoms with E-state index >= 15 is 0 Å². The second kappa shape index (κ2) is 5.80. The molecule has 0 aromatic carbocycles. The van der Waals surface area contributed by atoms with Gasteiger partial charge in [-0.15, -0.1) is 0 Å². The minimum Gasteiger partial charge on any atom is -0.481 e. The van der Waals surface area contributed by atoms with E-state index in [1.54, 1.807) is 0 Å². The summed E-state index contributed by atoms with van der Waals surface area (Å²) in [7, 11) is 0. The molecule has 5 atom stereocenters. The number of hydrogen-bond acceptors (Lipinski definition) is 4. The van der Waals surface area contributed by atoms with Gasteiger partial charge in [-0.3, -0.25) is 4.79 Å². The molecule has 0 unspecified atom stereocenters. The molecular weight excluding hydrogens is 220 g/mol. The Labute approximate surface area is 102 Å². The summed E-state index contributed by atoms with van der Waals surface area (Å²) in [5.74, 6) is -1.77. The average molecular weight is 244 g/mol. The van der Waals surface area contributed by atoms with Crippen LogP contribution in [0.3, 0.4) is 0 Å². The highest BCUT2D eigenvalue weighted by molar-refractivity contribution is 5.71. The zero-order valence-corrected chi connectivity index (χ0v) is 10.5. The fourth-order valence-electron chi connectivity index (χ4n) is 3.02. The SMILES string of the molecule is CCC(CC)[C@H](N)[C@@H]1[C@H](O)[C@@H](C(=O)O)C[C@H]1N. The quantitative estimate of drug-likeness (QED) is 0.550. The van der Waals surface area contributed by atoms with Crippen LogP contribution >= 0.6 is 0 Å². The topological polar surface area (TPSA) is 110 Å². The van der Waals surface area contributed by atoms with Crippen LogP contribution in [0, 0.1) is 17.8 Å². The molecule has 6 N–H and O–H groups in total. The molecule has 0 aliphatic heterocycles. The molecule has 0 aromatic heterocycles. The van der Waals surface area contributed by atoms with E-state index in [2.05, 4.69) is 13.8 Å². The minimum atomic E-state index is -0.979. The van der Waals surface area contributed by atoms with Crippen LogP contribution in [0.15, 0.2) is 0 Å². The standard InChI is InChI=1S/C12H24N2O3/c1-3-6(4-2)10(14)9-8(13)5-7(11(9)15)12(16)17/h6-11,15H,3-5,13-14H2,1-2H3,(H,16,17)/t7-,8+,9+,10-,11+/m0/s1. The van der Waals surface area contributed by atoms with Crippen molar-refractivity contribution in [3.05, 3.63) is 0 Å². The predicted molar refractivity (Wildman–Crippen MR) is 65.3 cm³/mol. The van der Waals surface area contributed by atoms with Crippen molar-refractivity contribution in [3.63, 3.8) is 0 Å². The maximum absolute atomic E-state index is 11.0. The average Bonchev–Trinajstić information content (AvgIpc) is 2.56. The van der Waals surface area contributed by atoms with Crippen LogP contribution < -0.4 is 11.5 Å². The van der Waals surface area contributed by atoms with E-state index in [0.29, 0.717) is 6.42 Å². The lowest BCUT2D eigenvalue weighted by atomic mass is 9.81. The summed E-state index contributed by atoms with van der Waals surface area (Å²) in [6.07, 6.45) is 1.24. The van der Waals surface area contributed by atoms with Crippen molar-refractivity contribution < 1.29 is 15.0 Å². The van der Waals surface area contributed by atoms with Gasteiger partial charge in [0, 0.05) is 18.0 Å². The molecule has 1 rings (SSSR count). The molecule has 0 spiro atoms. The molecule has 17 heavy (non-hydrogen) atoms. The van der Waals surface area contributed by atoms with Crippen LogP contribution in [0.5, 0.6) is 0 Å². The highest BCUT2D eigenvalue weighted by Gasteiger charge is 2.47. The summed E-state index contributed by atoms with van der Waals surface area (Å²) in [4.78, 5) is 11.0. The molecule has 5 nitrogen and oxygen atoms in total. The van der Waals surface area contributed by atoms with Crippen molar-refractivity contribution in [3.8, 4) is 0 Å². The number of hydrogen-bond donors (Lipinski definition) is 4. The van der Waals surface area contributed by atoms with Crippen molar-refractivity contribution in [2.75, 3.05) is 0 Å². The predicted octanol–water partition coefficient (Wildman–Crippen LogP) is 0.159. The van der Waals surface area contributed by atoms with Crippen molar-refractivity contribution in [2.45, 2.75) is 51.3 Å². The van der Waals surface area contributed by atoms with Gasteiger partial charge in [0.15, 0.2) is 0 Å². The number of carbonyl (C=O) groups is 1. The highest BCUT2D eigenvalue weighted by atomic mass is 16.4. The molecule has 5 heteroatoms. The van der Waals surface area contributed by atoms with Gasteiger partial charge in [-0.2, -0.15) is 0 Å². The van der Waals surface area contributed by atoms with Crippen LogP contribution in [0.2, 0.25) is 0 Å². The van der Waals surface area contributed by atoms with Gasteiger partial charge in [-0.05, 0) is 12.3 Å². The van der Waals surface area contributed by atoms with E-state index < -0.39 is 18.0 Å². The Bertz CT molecular complexity index is 268. The number of aliphatic hydroxyl groups excluding tert-OH is 1. The van der Waals surface area contributed by atoms with Crippen LogP contribution in [0.4, 0.5) is 0 Å². The Hall–Kier alpha value is -0.650. The molecule has 100 valence electrons. The Balaban J connectivity index is 2.79. The summed E-state index contributed by atoms with van der Waals surface area (Å²) in [5.41, 5.74) is 12.1. The maximum atomic E-state index is 11.0. The molecule has 1 saturated carbocycles. The van der Waals surface area contributed by atoms with Crippen LogP contribution in [-0.2, 0) is 4.79 Å². The molecule has 0 amide bonds. The Morgan fingerprint density at radius 3 is 2.29 bits per heavy atom. The molecule has 0 bridgehead atoms. The molecule has 0 aromatic rings. The van der Waals surface area contributed by atoms with E-state index in [4.69, 9.17) is 16.6 Å². The van der Waals surface area contributed by atoms with E-state index in [1.807, 2.05) is 0 Å². The van der Waals surface area contributed by atoms with Gasteiger partial charge in [0.25, 0.3) is 0 Å². The van der Waals surface area contributed by atoms with Crippen molar-refractivity contribution in [2.24, 2.45) is 29.2 Å².